The van der Waals surface area contributed by atoms with E-state index in [1.165, 1.54) is 12.1 Å². The summed E-state index contributed by atoms with van der Waals surface area (Å²) in [6.45, 7) is 7.02. The molecule has 1 amide bonds. The molecule has 3 atom stereocenters. The van der Waals surface area contributed by atoms with Crippen molar-refractivity contribution in [3.63, 3.8) is 0 Å². The van der Waals surface area contributed by atoms with Gasteiger partial charge in [0.1, 0.15) is 5.82 Å². The van der Waals surface area contributed by atoms with Crippen LogP contribution >= 0.6 is 0 Å². The van der Waals surface area contributed by atoms with Crippen LogP contribution in [-0.2, 0) is 11.3 Å². The summed E-state index contributed by atoms with van der Waals surface area (Å²) in [4.78, 5) is 14.7. The molecule has 0 bridgehead atoms. The molecule has 1 aromatic rings. The fraction of sp³-hybridized carbons (Fsp3) is 0.650. The van der Waals surface area contributed by atoms with Crippen LogP contribution in [0.25, 0.3) is 0 Å². The number of hydrogen-bond acceptors (Lipinski definition) is 4. The van der Waals surface area contributed by atoms with Gasteiger partial charge in [0.15, 0.2) is 0 Å². The smallest absolute Gasteiger partial charge is 0.220 e. The van der Waals surface area contributed by atoms with Crippen LogP contribution in [0, 0.1) is 11.7 Å². The van der Waals surface area contributed by atoms with E-state index in [-0.39, 0.29) is 17.8 Å². The lowest BCUT2D eigenvalue weighted by atomic mass is 9.91. The molecular weight excluding hydrogens is 331 g/mol. The quantitative estimate of drug-likeness (QED) is 0.726. The number of hydrogen-bond donors (Lipinski definition) is 3. The van der Waals surface area contributed by atoms with Crippen molar-refractivity contribution in [1.29, 1.82) is 0 Å². The molecule has 1 aromatic carbocycles. The molecule has 0 saturated carbocycles. The van der Waals surface area contributed by atoms with Crippen LogP contribution in [-0.4, -0.2) is 42.0 Å². The first-order chi connectivity index (χ1) is 12.5. The van der Waals surface area contributed by atoms with Crippen molar-refractivity contribution in [2.24, 2.45) is 5.92 Å². The Bertz CT molecular complexity index is 584. The lowest BCUT2D eigenvalue weighted by Crippen LogP contribution is -2.47. The van der Waals surface area contributed by atoms with Crippen molar-refractivity contribution in [2.45, 2.75) is 64.2 Å². The molecule has 26 heavy (non-hydrogen) atoms. The summed E-state index contributed by atoms with van der Waals surface area (Å²) in [5.74, 6) is 0.445. The first-order valence-corrected chi connectivity index (χ1v) is 9.78. The van der Waals surface area contributed by atoms with Crippen LogP contribution in [0.1, 0.15) is 45.1 Å². The Kier molecular flexibility index (Phi) is 6.62. The Labute approximate surface area is 155 Å². The number of halogens is 1. The van der Waals surface area contributed by atoms with Gasteiger partial charge < -0.3 is 5.32 Å². The summed E-state index contributed by atoms with van der Waals surface area (Å²) in [6, 6.07) is 7.71. The summed E-state index contributed by atoms with van der Waals surface area (Å²) in [5, 5.41) is 3.22. The maximum Gasteiger partial charge on any atom is 0.220 e. The standard InChI is InChI=1S/C20H31FN4O/c1-14-19(15(2)24-23-14)9-10-20(26)22-18-4-3-11-25(13-18)12-16-5-7-17(21)8-6-16/h5-8,14-15,18-19,23-24H,3-4,9-13H2,1-2H3,(H,22,26). The van der Waals surface area contributed by atoms with Crippen LogP contribution in [0.5, 0.6) is 0 Å². The highest BCUT2D eigenvalue weighted by Gasteiger charge is 2.30. The first-order valence-electron chi connectivity index (χ1n) is 9.78. The zero-order valence-corrected chi connectivity index (χ0v) is 15.8. The van der Waals surface area contributed by atoms with Crippen molar-refractivity contribution >= 4 is 5.91 Å². The van der Waals surface area contributed by atoms with Crippen LogP contribution in [0.2, 0.25) is 0 Å². The summed E-state index contributed by atoms with van der Waals surface area (Å²) in [5.41, 5.74) is 7.60. The van der Waals surface area contributed by atoms with Crippen molar-refractivity contribution in [1.82, 2.24) is 21.1 Å². The molecule has 2 saturated heterocycles. The molecule has 2 aliphatic rings. The number of amides is 1. The molecule has 0 spiro atoms. The van der Waals surface area contributed by atoms with E-state index in [2.05, 4.69) is 34.9 Å². The Morgan fingerprint density at radius 1 is 1.23 bits per heavy atom. The molecule has 2 heterocycles. The van der Waals surface area contributed by atoms with Gasteiger partial charge in [-0.15, -0.1) is 0 Å². The number of benzene rings is 1. The minimum atomic E-state index is -0.200. The minimum Gasteiger partial charge on any atom is -0.352 e. The van der Waals surface area contributed by atoms with E-state index in [1.54, 1.807) is 0 Å². The number of carbonyl (C=O) groups is 1. The van der Waals surface area contributed by atoms with Crippen LogP contribution in [0.15, 0.2) is 24.3 Å². The molecule has 2 fully saturated rings. The Morgan fingerprint density at radius 3 is 2.62 bits per heavy atom. The maximum absolute atomic E-state index is 13.0. The van der Waals surface area contributed by atoms with Crippen LogP contribution in [0.3, 0.4) is 0 Å². The van der Waals surface area contributed by atoms with Gasteiger partial charge in [0.2, 0.25) is 5.91 Å². The van der Waals surface area contributed by atoms with E-state index in [0.29, 0.717) is 24.4 Å². The van der Waals surface area contributed by atoms with Gasteiger partial charge in [-0.25, -0.2) is 4.39 Å². The van der Waals surface area contributed by atoms with E-state index >= 15 is 0 Å². The summed E-state index contributed by atoms with van der Waals surface area (Å²) in [6.07, 6.45) is 3.60. The largest absolute Gasteiger partial charge is 0.352 e. The number of hydrazine groups is 1. The van der Waals surface area contributed by atoms with E-state index in [1.807, 2.05) is 12.1 Å². The highest BCUT2D eigenvalue weighted by atomic mass is 19.1. The van der Waals surface area contributed by atoms with Gasteiger partial charge in [0, 0.05) is 37.6 Å². The average molecular weight is 362 g/mol. The summed E-state index contributed by atoms with van der Waals surface area (Å²) >= 11 is 0. The van der Waals surface area contributed by atoms with E-state index < -0.39 is 0 Å². The van der Waals surface area contributed by atoms with Crippen LogP contribution < -0.4 is 16.2 Å². The van der Waals surface area contributed by atoms with E-state index in [4.69, 9.17) is 0 Å². The molecular formula is C20H31FN4O. The van der Waals surface area contributed by atoms with Gasteiger partial charge in [-0.2, -0.15) is 0 Å². The highest BCUT2D eigenvalue weighted by Crippen LogP contribution is 2.20. The predicted molar refractivity (Wildman–Crippen MR) is 101 cm³/mol. The topological polar surface area (TPSA) is 56.4 Å². The third-order valence-electron chi connectivity index (χ3n) is 5.72. The van der Waals surface area contributed by atoms with Gasteiger partial charge in [0.25, 0.3) is 0 Å². The molecule has 0 aliphatic carbocycles. The molecule has 5 nitrogen and oxygen atoms in total. The molecule has 0 aromatic heterocycles. The van der Waals surface area contributed by atoms with Gasteiger partial charge in [0.05, 0.1) is 0 Å². The number of piperidine rings is 1. The molecule has 3 unspecified atom stereocenters. The van der Waals surface area contributed by atoms with Crippen molar-refractivity contribution in [2.75, 3.05) is 13.1 Å². The van der Waals surface area contributed by atoms with Crippen molar-refractivity contribution in [3.05, 3.63) is 35.6 Å². The number of nitrogens with zero attached hydrogens (tertiary/aromatic N) is 1. The third kappa shape index (κ3) is 5.25. The second-order valence-electron chi connectivity index (χ2n) is 7.84. The molecule has 2 aliphatic heterocycles. The van der Waals surface area contributed by atoms with Crippen molar-refractivity contribution < 1.29 is 9.18 Å². The van der Waals surface area contributed by atoms with Gasteiger partial charge in [-0.05, 0) is 63.3 Å². The monoisotopic (exact) mass is 362 g/mol. The number of nitrogens with one attached hydrogen (secondary N) is 3. The lowest BCUT2D eigenvalue weighted by Gasteiger charge is -2.33. The zero-order valence-electron chi connectivity index (χ0n) is 15.8. The number of likely N-dealkylation sites (tertiary alicyclic amines) is 1. The number of carbonyl (C=O) groups excluding carboxylic acids is 1. The second kappa shape index (κ2) is 8.93. The lowest BCUT2D eigenvalue weighted by molar-refractivity contribution is -0.122. The third-order valence-corrected chi connectivity index (χ3v) is 5.72. The van der Waals surface area contributed by atoms with E-state index in [0.717, 1.165) is 44.5 Å². The second-order valence-corrected chi connectivity index (χ2v) is 7.84. The van der Waals surface area contributed by atoms with Gasteiger partial charge in [-0.3, -0.25) is 20.5 Å². The fourth-order valence-electron chi connectivity index (χ4n) is 4.17. The molecule has 6 heteroatoms. The normalized spacial score (nSPS) is 29.7. The van der Waals surface area contributed by atoms with Gasteiger partial charge in [-0.1, -0.05) is 12.1 Å². The zero-order chi connectivity index (χ0) is 18.5. The van der Waals surface area contributed by atoms with Gasteiger partial charge >= 0.3 is 0 Å². The maximum atomic E-state index is 13.0. The Balaban J connectivity index is 1.42. The molecule has 3 N–H and O–H groups in total. The van der Waals surface area contributed by atoms with Crippen molar-refractivity contribution in [3.8, 4) is 0 Å². The highest BCUT2D eigenvalue weighted by molar-refractivity contribution is 5.76. The van der Waals surface area contributed by atoms with E-state index in [9.17, 15) is 9.18 Å². The van der Waals surface area contributed by atoms with Crippen LogP contribution in [0.4, 0.5) is 4.39 Å². The SMILES string of the molecule is CC1NNC(C)C1CCC(=O)NC1CCCN(Cc2ccc(F)cc2)C1. The number of rotatable bonds is 6. The molecule has 144 valence electrons. The molecule has 3 rings (SSSR count). The fourth-order valence-corrected chi connectivity index (χ4v) is 4.17. The summed E-state index contributed by atoms with van der Waals surface area (Å²) in [7, 11) is 0. The molecule has 0 radical (unpaired) electrons. The summed E-state index contributed by atoms with van der Waals surface area (Å²) < 4.78 is 13.0. The Hall–Kier alpha value is -1.50. The first kappa shape index (κ1) is 19.3. The average Bonchev–Trinajstić information content (AvgIpc) is 2.94. The Morgan fingerprint density at radius 2 is 1.92 bits per heavy atom. The minimum absolute atomic E-state index is 0.157. The predicted octanol–water partition coefficient (Wildman–Crippen LogP) is 2.19.